The minimum atomic E-state index is -0.973. The van der Waals surface area contributed by atoms with E-state index in [0.717, 1.165) is 11.1 Å². The van der Waals surface area contributed by atoms with Crippen LogP contribution in [0.4, 0.5) is 5.69 Å². The average Bonchev–Trinajstić information content (AvgIpc) is 2.99. The van der Waals surface area contributed by atoms with Gasteiger partial charge in [0.05, 0.1) is 12.1 Å². The van der Waals surface area contributed by atoms with Gasteiger partial charge in [0, 0.05) is 24.0 Å². The molecule has 0 saturated carbocycles. The van der Waals surface area contributed by atoms with Crippen molar-refractivity contribution < 1.29 is 9.59 Å². The molecule has 0 radical (unpaired) electrons. The molecule has 0 aliphatic heterocycles. The van der Waals surface area contributed by atoms with E-state index in [1.165, 1.54) is 10.8 Å². The number of amides is 2. The van der Waals surface area contributed by atoms with Crippen molar-refractivity contribution in [3.8, 4) is 0 Å². The van der Waals surface area contributed by atoms with Gasteiger partial charge >= 0.3 is 0 Å². The molecular weight excluding hydrogens is 550 g/mol. The zero-order chi connectivity index (χ0) is 29.4. The molecule has 1 heterocycles. The van der Waals surface area contributed by atoms with E-state index in [1.54, 1.807) is 29.2 Å². The first-order valence-electron chi connectivity index (χ1n) is 13.9. The lowest BCUT2D eigenvalue weighted by atomic mass is 9.92. The van der Waals surface area contributed by atoms with E-state index < -0.39 is 17.0 Å². The second-order valence-corrected chi connectivity index (χ2v) is 10.3. The first-order chi connectivity index (χ1) is 19.8. The van der Waals surface area contributed by atoms with Crippen LogP contribution < -0.4 is 16.6 Å². The minimum absolute atomic E-state index is 0. The number of nitrogens with two attached hydrogens (primary N) is 1. The number of carbonyl (C=O) groups excluding carboxylic acids is 2. The van der Waals surface area contributed by atoms with Crippen molar-refractivity contribution in [1.82, 2.24) is 14.5 Å². The number of rotatable bonds is 11. The molecule has 1 atom stereocenters. The number of nitrogens with one attached hydrogen (secondary N) is 1. The number of aromatic nitrogens is 2. The van der Waals surface area contributed by atoms with Crippen LogP contribution in [0.25, 0.3) is 0 Å². The van der Waals surface area contributed by atoms with Gasteiger partial charge in [-0.05, 0) is 63.1 Å². The number of hydrogen-bond donors (Lipinski definition) is 2. The van der Waals surface area contributed by atoms with Crippen LogP contribution in [-0.4, -0.2) is 39.4 Å². The highest BCUT2D eigenvalue weighted by molar-refractivity contribution is 6.03. The van der Waals surface area contributed by atoms with Gasteiger partial charge in [0.1, 0.15) is 11.4 Å². The summed E-state index contributed by atoms with van der Waals surface area (Å²) in [5.74, 6) is -0.312. The number of hydrogen-bond acceptors (Lipinski definition) is 5. The Morgan fingerprint density at radius 2 is 1.60 bits per heavy atom. The summed E-state index contributed by atoms with van der Waals surface area (Å²) in [6.07, 6.45) is 2.38. The van der Waals surface area contributed by atoms with Crippen LogP contribution in [-0.2, 0) is 12.1 Å². The SMILES string of the molecule is CCC(C)(c1ncc(C(=O)Nc2ccccc2)c(=O)n1Cc1ccccc1)N(CCCN)C(=O)c1ccc(C)cc1.Cl. The van der Waals surface area contributed by atoms with Crippen molar-refractivity contribution in [2.45, 2.75) is 45.7 Å². The zero-order valence-electron chi connectivity index (χ0n) is 24.2. The lowest BCUT2D eigenvalue weighted by Crippen LogP contribution is -2.51. The van der Waals surface area contributed by atoms with Crippen LogP contribution in [0, 0.1) is 6.92 Å². The Bertz CT molecular complexity index is 1540. The number of halogens is 1. The highest BCUT2D eigenvalue weighted by Gasteiger charge is 2.40. The largest absolute Gasteiger partial charge is 0.330 e. The van der Waals surface area contributed by atoms with Crippen LogP contribution in [0.5, 0.6) is 0 Å². The maximum Gasteiger partial charge on any atom is 0.266 e. The van der Waals surface area contributed by atoms with E-state index in [0.29, 0.717) is 43.0 Å². The molecule has 1 unspecified atom stereocenters. The summed E-state index contributed by atoms with van der Waals surface area (Å²) >= 11 is 0. The van der Waals surface area contributed by atoms with Crippen molar-refractivity contribution in [1.29, 1.82) is 0 Å². The van der Waals surface area contributed by atoms with Gasteiger partial charge in [0.2, 0.25) is 0 Å². The molecule has 42 heavy (non-hydrogen) atoms. The smallest absolute Gasteiger partial charge is 0.266 e. The van der Waals surface area contributed by atoms with Crippen molar-refractivity contribution in [3.63, 3.8) is 0 Å². The summed E-state index contributed by atoms with van der Waals surface area (Å²) in [5.41, 5.74) is 7.39. The Morgan fingerprint density at radius 3 is 2.19 bits per heavy atom. The predicted octanol–water partition coefficient (Wildman–Crippen LogP) is 5.39. The Morgan fingerprint density at radius 1 is 0.976 bits per heavy atom. The van der Waals surface area contributed by atoms with Gasteiger partial charge in [-0.2, -0.15) is 0 Å². The Kier molecular flexibility index (Phi) is 11.2. The molecule has 4 rings (SSSR count). The van der Waals surface area contributed by atoms with E-state index in [2.05, 4.69) is 5.32 Å². The molecular formula is C33H38ClN5O3. The fourth-order valence-corrected chi connectivity index (χ4v) is 4.85. The Balaban J connectivity index is 0.00000484. The van der Waals surface area contributed by atoms with Crippen molar-refractivity contribution in [2.75, 3.05) is 18.4 Å². The van der Waals surface area contributed by atoms with Crippen LogP contribution in [0.2, 0.25) is 0 Å². The van der Waals surface area contributed by atoms with Crippen molar-refractivity contribution in [2.24, 2.45) is 5.73 Å². The number of aryl methyl sites for hydroxylation is 1. The number of benzene rings is 3. The van der Waals surface area contributed by atoms with Gasteiger partial charge in [0.15, 0.2) is 0 Å². The fourth-order valence-electron chi connectivity index (χ4n) is 4.85. The molecule has 4 aromatic rings. The standard InChI is InChI=1S/C33H37N5O3.ClH/c1-4-33(3,38(21-11-20-34)30(40)26-18-16-24(2)17-19-26)32-35-22-28(29(39)36-27-14-9-6-10-15-27)31(41)37(32)23-25-12-7-5-8-13-25;/h5-10,12-19,22H,4,11,20-21,23,34H2,1-3H3,(H,36,39);1H. The lowest BCUT2D eigenvalue weighted by Gasteiger charge is -2.41. The van der Waals surface area contributed by atoms with E-state index in [1.807, 2.05) is 81.4 Å². The molecule has 0 aliphatic rings. The zero-order valence-corrected chi connectivity index (χ0v) is 25.1. The van der Waals surface area contributed by atoms with Crippen LogP contribution in [0.1, 0.15) is 64.4 Å². The molecule has 8 nitrogen and oxygen atoms in total. The Labute approximate surface area is 253 Å². The normalized spacial score (nSPS) is 12.1. The van der Waals surface area contributed by atoms with Gasteiger partial charge in [-0.25, -0.2) is 4.98 Å². The van der Waals surface area contributed by atoms with E-state index in [-0.39, 0.29) is 30.4 Å². The molecule has 1 aromatic heterocycles. The second kappa shape index (κ2) is 14.6. The molecule has 3 N–H and O–H groups in total. The molecule has 0 saturated heterocycles. The van der Waals surface area contributed by atoms with Gasteiger partial charge in [-0.1, -0.05) is 73.2 Å². The predicted molar refractivity (Wildman–Crippen MR) is 169 cm³/mol. The third-order valence-corrected chi connectivity index (χ3v) is 7.40. The lowest BCUT2D eigenvalue weighted by molar-refractivity contribution is 0.0447. The number of anilines is 1. The van der Waals surface area contributed by atoms with Crippen molar-refractivity contribution in [3.05, 3.63) is 130 Å². The molecule has 9 heteroatoms. The molecule has 0 bridgehead atoms. The maximum atomic E-state index is 14.0. The van der Waals surface area contributed by atoms with Crippen molar-refractivity contribution >= 4 is 29.9 Å². The summed E-state index contributed by atoms with van der Waals surface area (Å²) in [7, 11) is 0. The topological polar surface area (TPSA) is 110 Å². The van der Waals surface area contributed by atoms with Crippen LogP contribution in [0.3, 0.4) is 0 Å². The molecule has 0 fully saturated rings. The maximum absolute atomic E-state index is 14.0. The molecule has 0 spiro atoms. The first kappa shape index (κ1) is 32.2. The number of nitrogens with zero attached hydrogens (tertiary/aromatic N) is 3. The quantitative estimate of drug-likeness (QED) is 0.244. The van der Waals surface area contributed by atoms with Gasteiger partial charge in [-0.15, -0.1) is 12.4 Å². The summed E-state index contributed by atoms with van der Waals surface area (Å²) in [4.78, 5) is 47.7. The summed E-state index contributed by atoms with van der Waals surface area (Å²) < 4.78 is 1.52. The summed E-state index contributed by atoms with van der Waals surface area (Å²) in [5, 5.41) is 2.79. The minimum Gasteiger partial charge on any atom is -0.330 e. The van der Waals surface area contributed by atoms with Crippen LogP contribution >= 0.6 is 12.4 Å². The van der Waals surface area contributed by atoms with Gasteiger partial charge < -0.3 is 16.0 Å². The summed E-state index contributed by atoms with van der Waals surface area (Å²) in [6.45, 7) is 6.83. The molecule has 3 aromatic carbocycles. The van der Waals surface area contributed by atoms with E-state index in [4.69, 9.17) is 10.7 Å². The second-order valence-electron chi connectivity index (χ2n) is 10.3. The monoisotopic (exact) mass is 587 g/mol. The van der Waals surface area contributed by atoms with Gasteiger partial charge in [0.25, 0.3) is 17.4 Å². The highest BCUT2D eigenvalue weighted by Crippen LogP contribution is 2.32. The third-order valence-electron chi connectivity index (χ3n) is 7.40. The van der Waals surface area contributed by atoms with E-state index in [9.17, 15) is 14.4 Å². The van der Waals surface area contributed by atoms with Crippen LogP contribution in [0.15, 0.2) is 95.9 Å². The average molecular weight is 588 g/mol. The number of carbonyl (C=O) groups is 2. The van der Waals surface area contributed by atoms with E-state index >= 15 is 0 Å². The Hall–Kier alpha value is -4.27. The molecule has 220 valence electrons. The third kappa shape index (κ3) is 7.13. The fraction of sp³-hybridized carbons (Fsp3) is 0.273. The van der Waals surface area contributed by atoms with Gasteiger partial charge in [-0.3, -0.25) is 19.0 Å². The molecule has 2 amide bonds. The molecule has 0 aliphatic carbocycles. The first-order valence-corrected chi connectivity index (χ1v) is 13.9. The highest BCUT2D eigenvalue weighted by atomic mass is 35.5. The summed E-state index contributed by atoms with van der Waals surface area (Å²) in [6, 6.07) is 25.9. The number of para-hydroxylation sites is 1.